The van der Waals surface area contributed by atoms with E-state index in [2.05, 4.69) is 5.32 Å². The van der Waals surface area contributed by atoms with Gasteiger partial charge >= 0.3 is 0 Å². The average Bonchev–Trinajstić information content (AvgIpc) is 2.66. The molecule has 0 aliphatic rings. The number of carbonyl (C=O) groups is 2. The van der Waals surface area contributed by atoms with Crippen LogP contribution in [0.2, 0.25) is 10.0 Å². The highest BCUT2D eigenvalue weighted by Crippen LogP contribution is 2.26. The van der Waals surface area contributed by atoms with E-state index in [-0.39, 0.29) is 18.2 Å². The smallest absolute Gasteiger partial charge is 0.242 e. The van der Waals surface area contributed by atoms with Crippen molar-refractivity contribution in [2.75, 3.05) is 6.54 Å². The predicted octanol–water partition coefficient (Wildman–Crippen LogP) is 4.79. The maximum Gasteiger partial charge on any atom is 0.242 e. The first-order valence-electron chi connectivity index (χ1n) is 9.42. The Morgan fingerprint density at radius 2 is 1.64 bits per heavy atom. The molecular weight excluding hydrogens is 395 g/mol. The Morgan fingerprint density at radius 1 is 1.04 bits per heavy atom. The maximum atomic E-state index is 13.2. The summed E-state index contributed by atoms with van der Waals surface area (Å²) in [5.74, 6) is -0.343. The summed E-state index contributed by atoms with van der Waals surface area (Å²) < 4.78 is 0. The monoisotopic (exact) mass is 420 g/mol. The number of amides is 2. The molecule has 0 heterocycles. The summed E-state index contributed by atoms with van der Waals surface area (Å²) in [6, 6.07) is 12.5. The molecule has 0 radical (unpaired) electrons. The van der Waals surface area contributed by atoms with Gasteiger partial charge in [-0.15, -0.1) is 0 Å². The van der Waals surface area contributed by atoms with Crippen LogP contribution in [0.5, 0.6) is 0 Å². The first kappa shape index (κ1) is 22.3. The Hall–Kier alpha value is -2.04. The highest BCUT2D eigenvalue weighted by Gasteiger charge is 2.29. The zero-order valence-corrected chi connectivity index (χ0v) is 18.0. The fraction of sp³-hybridized carbons (Fsp3) is 0.364. The Bertz CT molecular complexity index is 802. The second-order valence-electron chi connectivity index (χ2n) is 6.70. The first-order chi connectivity index (χ1) is 13.4. The van der Waals surface area contributed by atoms with Crippen LogP contribution in [0.25, 0.3) is 0 Å². The fourth-order valence-corrected chi connectivity index (χ4v) is 3.59. The molecule has 2 amide bonds. The van der Waals surface area contributed by atoms with Crippen molar-refractivity contribution >= 4 is 35.0 Å². The van der Waals surface area contributed by atoms with Gasteiger partial charge in [0.15, 0.2) is 0 Å². The number of rotatable bonds is 8. The number of halogens is 2. The topological polar surface area (TPSA) is 49.4 Å². The van der Waals surface area contributed by atoms with Crippen molar-refractivity contribution in [2.45, 2.75) is 46.2 Å². The summed E-state index contributed by atoms with van der Waals surface area (Å²) in [5.41, 5.74) is 2.68. The number of hydrogen-bond acceptors (Lipinski definition) is 2. The van der Waals surface area contributed by atoms with Crippen LogP contribution >= 0.6 is 23.2 Å². The number of hydrogen-bond donors (Lipinski definition) is 1. The van der Waals surface area contributed by atoms with Crippen LogP contribution < -0.4 is 5.32 Å². The van der Waals surface area contributed by atoms with E-state index in [1.807, 2.05) is 45.0 Å². The molecule has 0 aliphatic carbocycles. The zero-order chi connectivity index (χ0) is 20.7. The van der Waals surface area contributed by atoms with Gasteiger partial charge in [-0.05, 0) is 43.5 Å². The van der Waals surface area contributed by atoms with Crippen molar-refractivity contribution in [1.29, 1.82) is 0 Å². The lowest BCUT2D eigenvalue weighted by Crippen LogP contribution is -2.49. The molecule has 28 heavy (non-hydrogen) atoms. The molecule has 150 valence electrons. The van der Waals surface area contributed by atoms with E-state index >= 15 is 0 Å². The van der Waals surface area contributed by atoms with Crippen molar-refractivity contribution in [3.63, 3.8) is 0 Å². The minimum absolute atomic E-state index is 0.0419. The summed E-state index contributed by atoms with van der Waals surface area (Å²) in [5, 5.41) is 3.72. The SMILES string of the molecule is CCNC(=O)[C@H](CC)N(Cc1ccc(C)cc1)C(=O)Cc1c(Cl)cccc1Cl. The predicted molar refractivity (Wildman–Crippen MR) is 115 cm³/mol. The number of likely N-dealkylation sites (N-methyl/N-ethyl adjacent to an activating group) is 1. The highest BCUT2D eigenvalue weighted by atomic mass is 35.5. The van der Waals surface area contributed by atoms with Gasteiger partial charge < -0.3 is 10.2 Å². The summed E-state index contributed by atoms with van der Waals surface area (Å²) in [6.45, 7) is 6.63. The Balaban J connectivity index is 2.33. The van der Waals surface area contributed by atoms with Gasteiger partial charge in [0.2, 0.25) is 11.8 Å². The summed E-state index contributed by atoms with van der Waals surface area (Å²) in [7, 11) is 0. The van der Waals surface area contributed by atoms with E-state index in [9.17, 15) is 9.59 Å². The minimum atomic E-state index is -0.560. The van der Waals surface area contributed by atoms with E-state index in [0.29, 0.717) is 35.1 Å². The second-order valence-corrected chi connectivity index (χ2v) is 7.52. The quantitative estimate of drug-likeness (QED) is 0.667. The van der Waals surface area contributed by atoms with Crippen LogP contribution in [0.3, 0.4) is 0 Å². The molecule has 1 N–H and O–H groups in total. The molecule has 0 unspecified atom stereocenters. The van der Waals surface area contributed by atoms with Gasteiger partial charge in [0.1, 0.15) is 6.04 Å². The molecule has 0 bridgehead atoms. The molecule has 0 spiro atoms. The van der Waals surface area contributed by atoms with Gasteiger partial charge in [0, 0.05) is 23.1 Å². The molecule has 1 atom stereocenters. The molecule has 2 rings (SSSR count). The largest absolute Gasteiger partial charge is 0.355 e. The standard InChI is InChI=1S/C22H26Cl2N2O2/c1-4-20(22(28)25-5-2)26(14-16-11-9-15(3)10-12-16)21(27)13-17-18(23)7-6-8-19(17)24/h6-12,20H,4-5,13-14H2,1-3H3,(H,25,28)/t20-/m0/s1. The van der Waals surface area contributed by atoms with E-state index in [1.165, 1.54) is 0 Å². The van der Waals surface area contributed by atoms with E-state index in [1.54, 1.807) is 23.1 Å². The Labute approximate surface area is 176 Å². The van der Waals surface area contributed by atoms with Crippen molar-refractivity contribution in [1.82, 2.24) is 10.2 Å². The third kappa shape index (κ3) is 5.73. The van der Waals surface area contributed by atoms with Crippen LogP contribution in [0, 0.1) is 6.92 Å². The Kier molecular flexibility index (Phi) is 8.34. The van der Waals surface area contributed by atoms with Crippen molar-refractivity contribution in [3.8, 4) is 0 Å². The van der Waals surface area contributed by atoms with Crippen LogP contribution in [0.1, 0.15) is 37.0 Å². The van der Waals surface area contributed by atoms with E-state index in [0.717, 1.165) is 11.1 Å². The molecular formula is C22H26Cl2N2O2. The first-order valence-corrected chi connectivity index (χ1v) is 10.2. The van der Waals surface area contributed by atoms with Crippen LogP contribution in [-0.2, 0) is 22.6 Å². The molecule has 0 fully saturated rings. The van der Waals surface area contributed by atoms with Gasteiger partial charge in [0.05, 0.1) is 6.42 Å². The van der Waals surface area contributed by atoms with Crippen LogP contribution in [-0.4, -0.2) is 29.3 Å². The fourth-order valence-electron chi connectivity index (χ4n) is 3.06. The number of nitrogens with one attached hydrogen (secondary N) is 1. The summed E-state index contributed by atoms with van der Waals surface area (Å²) >= 11 is 12.5. The molecule has 0 saturated heterocycles. The van der Waals surface area contributed by atoms with Crippen LogP contribution in [0.4, 0.5) is 0 Å². The normalized spacial score (nSPS) is 11.8. The molecule has 0 aromatic heterocycles. The van der Waals surface area contributed by atoms with Gasteiger partial charge in [-0.3, -0.25) is 9.59 Å². The van der Waals surface area contributed by atoms with Gasteiger partial charge in [-0.1, -0.05) is 66.0 Å². The molecule has 0 saturated carbocycles. The lowest BCUT2D eigenvalue weighted by molar-refractivity contribution is -0.140. The molecule has 2 aromatic carbocycles. The Morgan fingerprint density at radius 3 is 2.18 bits per heavy atom. The van der Waals surface area contributed by atoms with Crippen LogP contribution in [0.15, 0.2) is 42.5 Å². The number of aryl methyl sites for hydroxylation is 1. The number of nitrogens with zero attached hydrogens (tertiary/aromatic N) is 1. The van der Waals surface area contributed by atoms with Crippen molar-refractivity contribution < 1.29 is 9.59 Å². The zero-order valence-electron chi connectivity index (χ0n) is 16.5. The summed E-state index contributed by atoms with van der Waals surface area (Å²) in [6.07, 6.45) is 0.556. The van der Waals surface area contributed by atoms with Crippen molar-refractivity contribution in [2.24, 2.45) is 0 Å². The highest BCUT2D eigenvalue weighted by molar-refractivity contribution is 6.36. The van der Waals surface area contributed by atoms with Gasteiger partial charge in [-0.25, -0.2) is 0 Å². The van der Waals surface area contributed by atoms with E-state index in [4.69, 9.17) is 23.2 Å². The lowest BCUT2D eigenvalue weighted by atomic mass is 10.1. The molecule has 4 nitrogen and oxygen atoms in total. The van der Waals surface area contributed by atoms with E-state index < -0.39 is 6.04 Å². The van der Waals surface area contributed by atoms with Crippen molar-refractivity contribution in [3.05, 3.63) is 69.2 Å². The van der Waals surface area contributed by atoms with Gasteiger partial charge in [-0.2, -0.15) is 0 Å². The number of benzene rings is 2. The molecule has 0 aliphatic heterocycles. The molecule has 2 aromatic rings. The third-order valence-electron chi connectivity index (χ3n) is 4.60. The minimum Gasteiger partial charge on any atom is -0.355 e. The second kappa shape index (κ2) is 10.5. The maximum absolute atomic E-state index is 13.2. The molecule has 6 heteroatoms. The number of carbonyl (C=O) groups excluding carboxylic acids is 2. The summed E-state index contributed by atoms with van der Waals surface area (Å²) in [4.78, 5) is 27.4. The lowest BCUT2D eigenvalue weighted by Gasteiger charge is -2.31. The van der Waals surface area contributed by atoms with Gasteiger partial charge in [0.25, 0.3) is 0 Å². The third-order valence-corrected chi connectivity index (χ3v) is 5.31. The average molecular weight is 421 g/mol.